The fourth-order valence-electron chi connectivity index (χ4n) is 3.77. The summed E-state index contributed by atoms with van der Waals surface area (Å²) in [7, 11) is -3.68. The van der Waals surface area contributed by atoms with Crippen LogP contribution >= 0.6 is 0 Å². The highest BCUT2D eigenvalue weighted by Gasteiger charge is 2.18. The summed E-state index contributed by atoms with van der Waals surface area (Å²) >= 11 is 0. The molecule has 1 N–H and O–H groups in total. The van der Waals surface area contributed by atoms with E-state index in [4.69, 9.17) is 9.72 Å². The average Bonchev–Trinajstić information content (AvgIpc) is 2.88. The van der Waals surface area contributed by atoms with Crippen molar-refractivity contribution in [1.82, 2.24) is 19.7 Å². The molecule has 0 atom stereocenters. The first-order valence-electron chi connectivity index (χ1n) is 10.7. The van der Waals surface area contributed by atoms with Crippen molar-refractivity contribution in [2.75, 3.05) is 31.2 Å². The number of nitrogens with one attached hydrogen (secondary N) is 1. The van der Waals surface area contributed by atoms with Gasteiger partial charge in [0.1, 0.15) is 11.8 Å². The van der Waals surface area contributed by atoms with Crippen LogP contribution in [-0.2, 0) is 21.3 Å². The van der Waals surface area contributed by atoms with Crippen molar-refractivity contribution in [3.8, 4) is 11.3 Å². The van der Waals surface area contributed by atoms with Crippen molar-refractivity contribution in [3.05, 3.63) is 78.6 Å². The van der Waals surface area contributed by atoms with E-state index in [9.17, 15) is 8.42 Å². The largest absolute Gasteiger partial charge is 0.378 e. The highest BCUT2D eigenvalue weighted by Crippen LogP contribution is 2.27. The van der Waals surface area contributed by atoms with E-state index in [0.29, 0.717) is 30.0 Å². The summed E-state index contributed by atoms with van der Waals surface area (Å²) in [6.07, 6.45) is 1.54. The number of aromatic nitrogens is 3. The van der Waals surface area contributed by atoms with E-state index in [1.165, 1.54) is 0 Å². The Morgan fingerprint density at radius 3 is 2.58 bits per heavy atom. The van der Waals surface area contributed by atoms with Gasteiger partial charge in [0.05, 0.1) is 29.3 Å². The molecular formula is C24H23N5O3S. The molecule has 1 aliphatic heterocycles. The van der Waals surface area contributed by atoms with Crippen LogP contribution in [0.2, 0.25) is 0 Å². The van der Waals surface area contributed by atoms with Gasteiger partial charge in [0.15, 0.2) is 5.82 Å². The van der Waals surface area contributed by atoms with E-state index in [0.717, 1.165) is 30.0 Å². The van der Waals surface area contributed by atoms with Gasteiger partial charge < -0.3 is 9.64 Å². The average molecular weight is 462 g/mol. The molecule has 0 spiro atoms. The summed E-state index contributed by atoms with van der Waals surface area (Å²) in [5.74, 6) is 0.762. The van der Waals surface area contributed by atoms with Gasteiger partial charge in [-0.3, -0.25) is 0 Å². The second kappa shape index (κ2) is 9.22. The molecule has 5 rings (SSSR count). The fraction of sp³-hybridized carbons (Fsp3) is 0.208. The molecule has 33 heavy (non-hydrogen) atoms. The van der Waals surface area contributed by atoms with Gasteiger partial charge in [-0.25, -0.2) is 28.1 Å². The first-order chi connectivity index (χ1) is 16.1. The number of nitrogens with zero attached hydrogens (tertiary/aromatic N) is 4. The number of sulfonamides is 1. The van der Waals surface area contributed by atoms with Crippen LogP contribution in [-0.4, -0.2) is 49.7 Å². The third-order valence-electron chi connectivity index (χ3n) is 5.52. The zero-order chi connectivity index (χ0) is 22.7. The molecule has 8 nitrogen and oxygen atoms in total. The molecule has 1 fully saturated rings. The standard InChI is InChI=1S/C24H23N5O3S/c30-33(31,27-16-18-5-2-1-3-6-18)20-8-4-7-19(15-20)21-9-10-22-23(28-21)24(26-17-25-22)29-11-13-32-14-12-29/h1-10,15,17,27H,11-14,16H2. The van der Waals surface area contributed by atoms with Crippen LogP contribution in [0.15, 0.2) is 78.0 Å². The third-order valence-corrected chi connectivity index (χ3v) is 6.92. The Balaban J connectivity index is 1.46. The molecule has 0 aliphatic carbocycles. The van der Waals surface area contributed by atoms with Crippen LogP contribution < -0.4 is 9.62 Å². The Morgan fingerprint density at radius 2 is 1.76 bits per heavy atom. The molecule has 3 heterocycles. The maximum atomic E-state index is 12.9. The molecule has 0 unspecified atom stereocenters. The SMILES string of the molecule is O=S(=O)(NCc1ccccc1)c1cccc(-c2ccc3ncnc(N4CCOCC4)c3n2)c1. The molecule has 1 saturated heterocycles. The van der Waals surface area contributed by atoms with Gasteiger partial charge in [0.2, 0.25) is 10.0 Å². The number of benzene rings is 2. The van der Waals surface area contributed by atoms with Gasteiger partial charge in [-0.1, -0.05) is 42.5 Å². The van der Waals surface area contributed by atoms with E-state index in [-0.39, 0.29) is 11.4 Å². The predicted molar refractivity (Wildman–Crippen MR) is 126 cm³/mol. The van der Waals surface area contributed by atoms with Gasteiger partial charge in [-0.05, 0) is 29.8 Å². The maximum absolute atomic E-state index is 12.9. The lowest BCUT2D eigenvalue weighted by atomic mass is 10.1. The summed E-state index contributed by atoms with van der Waals surface area (Å²) in [5, 5.41) is 0. The highest BCUT2D eigenvalue weighted by atomic mass is 32.2. The normalized spacial score (nSPS) is 14.5. The number of hydrogen-bond acceptors (Lipinski definition) is 7. The molecule has 2 aromatic heterocycles. The number of fused-ring (bicyclic) bond motifs is 1. The van der Waals surface area contributed by atoms with E-state index in [1.807, 2.05) is 48.5 Å². The molecule has 168 valence electrons. The molecule has 4 aromatic rings. The van der Waals surface area contributed by atoms with Crippen LogP contribution in [0.4, 0.5) is 5.82 Å². The van der Waals surface area contributed by atoms with Crippen molar-refractivity contribution < 1.29 is 13.2 Å². The Bertz CT molecular complexity index is 1370. The lowest BCUT2D eigenvalue weighted by Crippen LogP contribution is -2.37. The number of rotatable bonds is 6. The van der Waals surface area contributed by atoms with Gasteiger partial charge >= 0.3 is 0 Å². The van der Waals surface area contributed by atoms with Crippen LogP contribution in [0, 0.1) is 0 Å². The Kier molecular flexibility index (Phi) is 5.99. The molecule has 0 radical (unpaired) electrons. The Hall–Kier alpha value is -3.40. The van der Waals surface area contributed by atoms with Crippen molar-refractivity contribution >= 4 is 26.9 Å². The molecule has 9 heteroatoms. The lowest BCUT2D eigenvalue weighted by Gasteiger charge is -2.28. The number of anilines is 1. The molecule has 0 amide bonds. The zero-order valence-corrected chi connectivity index (χ0v) is 18.7. The summed E-state index contributed by atoms with van der Waals surface area (Å²) < 4.78 is 33.9. The van der Waals surface area contributed by atoms with E-state index in [1.54, 1.807) is 24.5 Å². The van der Waals surface area contributed by atoms with E-state index in [2.05, 4.69) is 19.6 Å². The molecule has 1 aliphatic rings. The van der Waals surface area contributed by atoms with Gasteiger partial charge in [-0.15, -0.1) is 0 Å². The van der Waals surface area contributed by atoms with Gasteiger partial charge in [-0.2, -0.15) is 0 Å². The smallest absolute Gasteiger partial charge is 0.240 e. The van der Waals surface area contributed by atoms with Crippen molar-refractivity contribution in [1.29, 1.82) is 0 Å². The fourth-order valence-corrected chi connectivity index (χ4v) is 4.84. The summed E-state index contributed by atoms with van der Waals surface area (Å²) in [5.41, 5.74) is 3.68. The number of morpholine rings is 1. The van der Waals surface area contributed by atoms with Crippen LogP contribution in [0.5, 0.6) is 0 Å². The van der Waals surface area contributed by atoms with Crippen LogP contribution in [0.3, 0.4) is 0 Å². The van der Waals surface area contributed by atoms with E-state index >= 15 is 0 Å². The van der Waals surface area contributed by atoms with Crippen LogP contribution in [0.25, 0.3) is 22.3 Å². The van der Waals surface area contributed by atoms with Crippen molar-refractivity contribution in [2.45, 2.75) is 11.4 Å². The lowest BCUT2D eigenvalue weighted by molar-refractivity contribution is 0.122. The van der Waals surface area contributed by atoms with E-state index < -0.39 is 10.0 Å². The predicted octanol–water partition coefficient (Wildman–Crippen LogP) is 3.01. The maximum Gasteiger partial charge on any atom is 0.240 e. The van der Waals surface area contributed by atoms with Gasteiger partial charge in [0, 0.05) is 25.2 Å². The molecule has 2 aromatic carbocycles. The topological polar surface area (TPSA) is 97.3 Å². The highest BCUT2D eigenvalue weighted by molar-refractivity contribution is 7.89. The third kappa shape index (κ3) is 4.70. The Morgan fingerprint density at radius 1 is 0.939 bits per heavy atom. The van der Waals surface area contributed by atoms with Gasteiger partial charge in [0.25, 0.3) is 0 Å². The quantitative estimate of drug-likeness (QED) is 0.471. The second-order valence-electron chi connectivity index (χ2n) is 7.70. The number of hydrogen-bond donors (Lipinski definition) is 1. The second-order valence-corrected chi connectivity index (χ2v) is 9.47. The number of ether oxygens (including phenoxy) is 1. The molecule has 0 saturated carbocycles. The monoisotopic (exact) mass is 461 g/mol. The summed E-state index contributed by atoms with van der Waals surface area (Å²) in [4.78, 5) is 16.0. The Labute approximate surface area is 192 Å². The van der Waals surface area contributed by atoms with Crippen molar-refractivity contribution in [2.24, 2.45) is 0 Å². The molecule has 0 bridgehead atoms. The zero-order valence-electron chi connectivity index (χ0n) is 17.9. The molecular weight excluding hydrogens is 438 g/mol. The first kappa shape index (κ1) is 21.4. The minimum Gasteiger partial charge on any atom is -0.378 e. The summed E-state index contributed by atoms with van der Waals surface area (Å²) in [6.45, 7) is 2.97. The minimum absolute atomic E-state index is 0.190. The first-order valence-corrected chi connectivity index (χ1v) is 12.2. The number of pyridine rings is 1. The summed E-state index contributed by atoms with van der Waals surface area (Å²) in [6, 6.07) is 19.9. The van der Waals surface area contributed by atoms with Crippen molar-refractivity contribution in [3.63, 3.8) is 0 Å². The van der Waals surface area contributed by atoms with Crippen LogP contribution in [0.1, 0.15) is 5.56 Å². The minimum atomic E-state index is -3.68.